The van der Waals surface area contributed by atoms with E-state index in [4.69, 9.17) is 5.11 Å². The number of hydrogen-bond donors (Lipinski definition) is 2. The van der Waals surface area contributed by atoms with E-state index in [2.05, 4.69) is 10.2 Å². The Morgan fingerprint density at radius 3 is 2.35 bits per heavy atom. The molecule has 1 saturated heterocycles. The van der Waals surface area contributed by atoms with E-state index >= 15 is 0 Å². The van der Waals surface area contributed by atoms with Gasteiger partial charge in [-0.1, -0.05) is 30.3 Å². The van der Waals surface area contributed by atoms with Crippen LogP contribution in [0.15, 0.2) is 30.3 Å². The van der Waals surface area contributed by atoms with E-state index in [1.807, 2.05) is 30.3 Å². The van der Waals surface area contributed by atoms with E-state index in [0.717, 1.165) is 31.5 Å². The zero-order chi connectivity index (χ0) is 14.5. The number of aliphatic carboxylic acids is 1. The first kappa shape index (κ1) is 14.5. The van der Waals surface area contributed by atoms with Gasteiger partial charge in [0.15, 0.2) is 0 Å². The number of carboxylic acids is 1. The van der Waals surface area contributed by atoms with E-state index in [-0.39, 0.29) is 5.91 Å². The Labute approximate surface area is 118 Å². The summed E-state index contributed by atoms with van der Waals surface area (Å²) >= 11 is 0. The molecule has 0 saturated carbocycles. The number of carbonyl (C=O) groups excluding carboxylic acids is 1. The minimum absolute atomic E-state index is 0.243. The zero-order valence-corrected chi connectivity index (χ0v) is 11.6. The molecule has 1 amide bonds. The van der Waals surface area contributed by atoms with E-state index < -0.39 is 18.1 Å². The Kier molecular flexibility index (Phi) is 4.74. The van der Waals surface area contributed by atoms with Crippen molar-refractivity contribution in [2.75, 3.05) is 13.1 Å². The number of benzene rings is 1. The molecular weight excluding hydrogens is 256 g/mol. The Balaban J connectivity index is 2.18. The highest BCUT2D eigenvalue weighted by Crippen LogP contribution is 2.25. The number of nitrogens with one attached hydrogen (secondary N) is 1. The van der Waals surface area contributed by atoms with E-state index in [0.29, 0.717) is 0 Å². The lowest BCUT2D eigenvalue weighted by atomic mass is 10.0. The number of amides is 1. The van der Waals surface area contributed by atoms with Crippen LogP contribution in [0, 0.1) is 0 Å². The molecule has 5 heteroatoms. The van der Waals surface area contributed by atoms with Gasteiger partial charge in [-0.15, -0.1) is 0 Å². The fourth-order valence-corrected chi connectivity index (χ4v) is 2.52. The molecule has 2 atom stereocenters. The number of carbonyl (C=O) groups is 2. The smallest absolute Gasteiger partial charge is 0.325 e. The standard InChI is InChI=1S/C15H20N2O3/c1-11(15(19)20)16-14(18)13(17-9-5-6-10-17)12-7-3-2-4-8-12/h2-4,7-8,11,13H,5-6,9-10H2,1H3,(H,16,18)(H,19,20). The van der Waals surface area contributed by atoms with Crippen molar-refractivity contribution in [2.45, 2.75) is 31.8 Å². The molecule has 1 aliphatic heterocycles. The third-order valence-electron chi connectivity index (χ3n) is 3.60. The lowest BCUT2D eigenvalue weighted by Crippen LogP contribution is -2.45. The van der Waals surface area contributed by atoms with Crippen LogP contribution in [-0.2, 0) is 9.59 Å². The summed E-state index contributed by atoms with van der Waals surface area (Å²) in [5, 5.41) is 11.5. The van der Waals surface area contributed by atoms with Crippen LogP contribution < -0.4 is 5.32 Å². The molecule has 0 aromatic heterocycles. The van der Waals surface area contributed by atoms with Crippen LogP contribution in [0.2, 0.25) is 0 Å². The SMILES string of the molecule is CC(NC(=O)C(c1ccccc1)N1CCCC1)C(=O)O. The molecule has 1 aromatic carbocycles. The Morgan fingerprint density at radius 2 is 1.80 bits per heavy atom. The molecule has 20 heavy (non-hydrogen) atoms. The second-order valence-electron chi connectivity index (χ2n) is 5.12. The average molecular weight is 276 g/mol. The third kappa shape index (κ3) is 3.36. The van der Waals surface area contributed by atoms with E-state index in [1.54, 1.807) is 0 Å². The molecule has 2 unspecified atom stereocenters. The Bertz CT molecular complexity index is 469. The summed E-state index contributed by atoms with van der Waals surface area (Å²) in [6.45, 7) is 3.22. The van der Waals surface area contributed by atoms with Crippen LogP contribution in [-0.4, -0.2) is 41.0 Å². The second-order valence-corrected chi connectivity index (χ2v) is 5.12. The fourth-order valence-electron chi connectivity index (χ4n) is 2.52. The number of hydrogen-bond acceptors (Lipinski definition) is 3. The number of likely N-dealkylation sites (tertiary alicyclic amines) is 1. The van der Waals surface area contributed by atoms with Crippen molar-refractivity contribution in [1.82, 2.24) is 10.2 Å². The number of nitrogens with zero attached hydrogens (tertiary/aromatic N) is 1. The maximum absolute atomic E-state index is 12.4. The molecule has 1 aliphatic rings. The van der Waals surface area contributed by atoms with Gasteiger partial charge in [0.1, 0.15) is 12.1 Å². The van der Waals surface area contributed by atoms with Gasteiger partial charge in [0.05, 0.1) is 0 Å². The first-order valence-corrected chi connectivity index (χ1v) is 6.92. The van der Waals surface area contributed by atoms with Crippen LogP contribution in [0.4, 0.5) is 0 Å². The van der Waals surface area contributed by atoms with Crippen LogP contribution >= 0.6 is 0 Å². The molecule has 2 rings (SSSR count). The molecule has 0 bridgehead atoms. The van der Waals surface area contributed by atoms with Crippen molar-refractivity contribution >= 4 is 11.9 Å². The lowest BCUT2D eigenvalue weighted by molar-refractivity contribution is -0.142. The molecule has 5 nitrogen and oxygen atoms in total. The van der Waals surface area contributed by atoms with Gasteiger partial charge in [0.25, 0.3) is 0 Å². The summed E-state index contributed by atoms with van der Waals surface area (Å²) in [4.78, 5) is 25.4. The number of rotatable bonds is 5. The van der Waals surface area contributed by atoms with Crippen molar-refractivity contribution in [3.05, 3.63) is 35.9 Å². The van der Waals surface area contributed by atoms with E-state index in [1.165, 1.54) is 6.92 Å². The van der Waals surface area contributed by atoms with Gasteiger partial charge >= 0.3 is 5.97 Å². The van der Waals surface area contributed by atoms with Crippen molar-refractivity contribution in [3.63, 3.8) is 0 Å². The van der Waals surface area contributed by atoms with Crippen molar-refractivity contribution in [1.29, 1.82) is 0 Å². The minimum Gasteiger partial charge on any atom is -0.480 e. The average Bonchev–Trinajstić information content (AvgIpc) is 2.93. The molecule has 108 valence electrons. The molecule has 1 aromatic rings. The predicted octanol–water partition coefficient (Wildman–Crippen LogP) is 1.41. The van der Waals surface area contributed by atoms with Crippen LogP contribution in [0.3, 0.4) is 0 Å². The first-order valence-electron chi connectivity index (χ1n) is 6.92. The highest BCUT2D eigenvalue weighted by atomic mass is 16.4. The van der Waals surface area contributed by atoms with Crippen molar-refractivity contribution in [2.24, 2.45) is 0 Å². The Morgan fingerprint density at radius 1 is 1.20 bits per heavy atom. The van der Waals surface area contributed by atoms with Gasteiger partial charge in [-0.05, 0) is 38.4 Å². The van der Waals surface area contributed by atoms with Crippen molar-refractivity contribution in [3.8, 4) is 0 Å². The van der Waals surface area contributed by atoms with Crippen LogP contribution in [0.25, 0.3) is 0 Å². The quantitative estimate of drug-likeness (QED) is 0.853. The van der Waals surface area contributed by atoms with Gasteiger partial charge in [0.2, 0.25) is 5.91 Å². The normalized spacial score (nSPS) is 18.4. The number of carboxylic acid groups (broad SMARTS) is 1. The maximum Gasteiger partial charge on any atom is 0.325 e. The molecule has 1 heterocycles. The minimum atomic E-state index is -1.02. The van der Waals surface area contributed by atoms with E-state index in [9.17, 15) is 9.59 Å². The largest absolute Gasteiger partial charge is 0.480 e. The van der Waals surface area contributed by atoms with Crippen LogP contribution in [0.5, 0.6) is 0 Å². The molecule has 0 radical (unpaired) electrons. The summed E-state index contributed by atoms with van der Waals surface area (Å²) in [7, 11) is 0. The summed E-state index contributed by atoms with van der Waals surface area (Å²) < 4.78 is 0. The highest BCUT2D eigenvalue weighted by molar-refractivity contribution is 5.87. The molecular formula is C15H20N2O3. The molecule has 1 fully saturated rings. The maximum atomic E-state index is 12.4. The first-order chi connectivity index (χ1) is 9.59. The summed E-state index contributed by atoms with van der Waals surface area (Å²) in [6.07, 6.45) is 2.15. The predicted molar refractivity (Wildman–Crippen MR) is 75.2 cm³/mol. The highest BCUT2D eigenvalue weighted by Gasteiger charge is 2.31. The monoisotopic (exact) mass is 276 g/mol. The summed E-state index contributed by atoms with van der Waals surface area (Å²) in [5.74, 6) is -1.26. The zero-order valence-electron chi connectivity index (χ0n) is 11.6. The third-order valence-corrected chi connectivity index (χ3v) is 3.60. The molecule has 0 aliphatic carbocycles. The second kappa shape index (κ2) is 6.52. The van der Waals surface area contributed by atoms with Crippen molar-refractivity contribution < 1.29 is 14.7 Å². The molecule has 0 spiro atoms. The van der Waals surface area contributed by atoms with Gasteiger partial charge in [-0.3, -0.25) is 14.5 Å². The van der Waals surface area contributed by atoms with Gasteiger partial charge in [0, 0.05) is 0 Å². The summed E-state index contributed by atoms with van der Waals surface area (Å²) in [6, 6.07) is 8.24. The Hall–Kier alpha value is -1.88. The molecule has 2 N–H and O–H groups in total. The fraction of sp³-hybridized carbons (Fsp3) is 0.467. The lowest BCUT2D eigenvalue weighted by Gasteiger charge is -2.27. The van der Waals surface area contributed by atoms with Gasteiger partial charge in [-0.25, -0.2) is 0 Å². The summed E-state index contributed by atoms with van der Waals surface area (Å²) in [5.41, 5.74) is 0.907. The van der Waals surface area contributed by atoms with Crippen LogP contribution in [0.1, 0.15) is 31.4 Å². The van der Waals surface area contributed by atoms with Gasteiger partial charge in [-0.2, -0.15) is 0 Å². The topological polar surface area (TPSA) is 69.6 Å². The van der Waals surface area contributed by atoms with Gasteiger partial charge < -0.3 is 10.4 Å².